The Hall–Kier alpha value is -1.68. The average Bonchev–Trinajstić information content (AvgIpc) is 2.93. The molecule has 0 spiro atoms. The molecule has 1 saturated heterocycles. The van der Waals surface area contributed by atoms with Gasteiger partial charge in [0.15, 0.2) is 5.13 Å². The largest absolute Gasteiger partial charge is 0.495 e. The number of aromatic nitrogens is 1. The first-order chi connectivity index (χ1) is 11.9. The molecule has 9 heteroatoms. The number of nitrogens with two attached hydrogens (primary N) is 1. The third kappa shape index (κ3) is 3.95. The number of hydrogen-bond donors (Lipinski definition) is 3. The van der Waals surface area contributed by atoms with Gasteiger partial charge in [0.05, 0.1) is 17.7 Å². The number of benzene rings is 1. The first-order valence-corrected chi connectivity index (χ1v) is 10.3. The predicted molar refractivity (Wildman–Crippen MR) is 99.5 cm³/mol. The fraction of sp³-hybridized carbons (Fsp3) is 0.438. The lowest BCUT2D eigenvalue weighted by atomic mass is 10.1. The van der Waals surface area contributed by atoms with Crippen molar-refractivity contribution < 1.29 is 13.2 Å². The zero-order valence-corrected chi connectivity index (χ0v) is 15.8. The number of rotatable bonds is 5. The van der Waals surface area contributed by atoms with E-state index in [1.54, 1.807) is 12.1 Å². The summed E-state index contributed by atoms with van der Waals surface area (Å²) < 4.78 is 33.9. The van der Waals surface area contributed by atoms with Crippen molar-refractivity contribution in [2.24, 2.45) is 0 Å². The van der Waals surface area contributed by atoms with Gasteiger partial charge in [0.25, 0.3) is 0 Å². The van der Waals surface area contributed by atoms with Gasteiger partial charge in [-0.2, -0.15) is 0 Å². The van der Waals surface area contributed by atoms with Gasteiger partial charge in [0.2, 0.25) is 10.0 Å². The van der Waals surface area contributed by atoms with E-state index in [-0.39, 0.29) is 10.9 Å². The summed E-state index contributed by atoms with van der Waals surface area (Å²) in [4.78, 5) is 5.20. The van der Waals surface area contributed by atoms with Crippen LogP contribution in [0, 0.1) is 6.92 Å². The lowest BCUT2D eigenvalue weighted by Gasteiger charge is -2.24. The van der Waals surface area contributed by atoms with Crippen LogP contribution in [0.15, 0.2) is 23.1 Å². The first-order valence-electron chi connectivity index (χ1n) is 8.05. The molecule has 1 aromatic heterocycles. The highest BCUT2D eigenvalue weighted by Crippen LogP contribution is 2.35. The second-order valence-electron chi connectivity index (χ2n) is 5.98. The van der Waals surface area contributed by atoms with Gasteiger partial charge in [-0.3, -0.25) is 0 Å². The molecule has 0 bridgehead atoms. The minimum absolute atomic E-state index is 0.0691. The fourth-order valence-electron chi connectivity index (χ4n) is 2.94. The molecule has 1 aliphatic rings. The number of sulfonamides is 1. The minimum Gasteiger partial charge on any atom is -0.495 e. The standard InChI is InChI=1S/C16H22N4O3S2/c1-10-15(24-16(17)19-10)11-3-4-13(23-2)14(9-11)25(21,22)20-12-5-7-18-8-6-12/h3-4,9,12,18,20H,5-8H2,1-2H3,(H2,17,19). The fourth-order valence-corrected chi connectivity index (χ4v) is 5.27. The Morgan fingerprint density at radius 3 is 2.68 bits per heavy atom. The highest BCUT2D eigenvalue weighted by molar-refractivity contribution is 7.89. The molecule has 2 aromatic rings. The minimum atomic E-state index is -3.69. The number of thiazole rings is 1. The molecule has 0 radical (unpaired) electrons. The summed E-state index contributed by atoms with van der Waals surface area (Å²) >= 11 is 1.34. The first kappa shape index (κ1) is 18.1. The van der Waals surface area contributed by atoms with Crippen LogP contribution in [0.2, 0.25) is 0 Å². The van der Waals surface area contributed by atoms with Crippen molar-refractivity contribution in [1.82, 2.24) is 15.0 Å². The number of aryl methyl sites for hydroxylation is 1. The van der Waals surface area contributed by atoms with Crippen LogP contribution < -0.4 is 20.5 Å². The number of nitrogens with one attached hydrogen (secondary N) is 2. The molecule has 0 atom stereocenters. The number of hydrogen-bond acceptors (Lipinski definition) is 7. The van der Waals surface area contributed by atoms with Gasteiger partial charge in [0, 0.05) is 6.04 Å². The van der Waals surface area contributed by atoms with E-state index in [2.05, 4.69) is 15.0 Å². The zero-order chi connectivity index (χ0) is 18.0. The van der Waals surface area contributed by atoms with E-state index in [1.165, 1.54) is 18.4 Å². The molecule has 4 N–H and O–H groups in total. The second-order valence-corrected chi connectivity index (χ2v) is 8.69. The highest BCUT2D eigenvalue weighted by atomic mass is 32.2. The van der Waals surface area contributed by atoms with Gasteiger partial charge in [-0.1, -0.05) is 11.3 Å². The molecular weight excluding hydrogens is 360 g/mol. The smallest absolute Gasteiger partial charge is 0.244 e. The Balaban J connectivity index is 1.98. The Labute approximate surface area is 151 Å². The van der Waals surface area contributed by atoms with Crippen LogP contribution in [-0.4, -0.2) is 39.6 Å². The van der Waals surface area contributed by atoms with Crippen LogP contribution in [0.4, 0.5) is 5.13 Å². The van der Waals surface area contributed by atoms with E-state index in [1.807, 2.05) is 13.0 Å². The average molecular weight is 383 g/mol. The van der Waals surface area contributed by atoms with Gasteiger partial charge in [-0.05, 0) is 56.6 Å². The molecule has 2 heterocycles. The number of ether oxygens (including phenoxy) is 1. The van der Waals surface area contributed by atoms with E-state index in [4.69, 9.17) is 10.5 Å². The number of nitrogens with zero attached hydrogens (tertiary/aromatic N) is 1. The Morgan fingerprint density at radius 2 is 2.08 bits per heavy atom. The van der Waals surface area contributed by atoms with Crippen molar-refractivity contribution in [2.45, 2.75) is 30.7 Å². The Morgan fingerprint density at radius 1 is 1.36 bits per heavy atom. The van der Waals surface area contributed by atoms with E-state index < -0.39 is 10.0 Å². The lowest BCUT2D eigenvalue weighted by molar-refractivity contribution is 0.399. The summed E-state index contributed by atoms with van der Waals surface area (Å²) in [6, 6.07) is 5.05. The maximum absolute atomic E-state index is 12.9. The molecule has 25 heavy (non-hydrogen) atoms. The Bertz CT molecular complexity index is 858. The van der Waals surface area contributed by atoms with E-state index in [0.29, 0.717) is 10.9 Å². The third-order valence-corrected chi connectivity index (χ3v) is 6.77. The van der Waals surface area contributed by atoms with Crippen molar-refractivity contribution in [3.05, 3.63) is 23.9 Å². The maximum Gasteiger partial charge on any atom is 0.244 e. The van der Waals surface area contributed by atoms with E-state index >= 15 is 0 Å². The van der Waals surface area contributed by atoms with Crippen molar-refractivity contribution in [3.8, 4) is 16.2 Å². The highest BCUT2D eigenvalue weighted by Gasteiger charge is 2.25. The number of nitrogen functional groups attached to an aromatic ring is 1. The lowest BCUT2D eigenvalue weighted by Crippen LogP contribution is -2.42. The molecule has 0 amide bonds. The van der Waals surface area contributed by atoms with Gasteiger partial charge < -0.3 is 15.8 Å². The maximum atomic E-state index is 12.9. The summed E-state index contributed by atoms with van der Waals surface area (Å²) in [5.41, 5.74) is 7.31. The molecule has 0 aliphatic carbocycles. The zero-order valence-electron chi connectivity index (χ0n) is 14.2. The molecule has 7 nitrogen and oxygen atoms in total. The van der Waals surface area contributed by atoms with Crippen LogP contribution >= 0.6 is 11.3 Å². The monoisotopic (exact) mass is 382 g/mol. The summed E-state index contributed by atoms with van der Waals surface area (Å²) in [5.74, 6) is 0.320. The van der Waals surface area contributed by atoms with E-state index in [9.17, 15) is 8.42 Å². The van der Waals surface area contributed by atoms with Gasteiger partial charge in [0.1, 0.15) is 10.6 Å². The van der Waals surface area contributed by atoms with Gasteiger partial charge >= 0.3 is 0 Å². The van der Waals surface area contributed by atoms with Crippen LogP contribution in [0.25, 0.3) is 10.4 Å². The van der Waals surface area contributed by atoms with E-state index in [0.717, 1.165) is 42.1 Å². The molecule has 1 aliphatic heterocycles. The van der Waals surface area contributed by atoms with Crippen LogP contribution in [0.3, 0.4) is 0 Å². The number of methoxy groups -OCH3 is 1. The molecular formula is C16H22N4O3S2. The number of piperidine rings is 1. The van der Waals surface area contributed by atoms with Crippen LogP contribution in [0.1, 0.15) is 18.5 Å². The van der Waals surface area contributed by atoms with Crippen LogP contribution in [-0.2, 0) is 10.0 Å². The number of anilines is 1. The quantitative estimate of drug-likeness (QED) is 0.727. The predicted octanol–water partition coefficient (Wildman–Crippen LogP) is 1.74. The SMILES string of the molecule is COc1ccc(-c2sc(N)nc2C)cc1S(=O)(=O)NC1CCNCC1. The van der Waals surface area contributed by atoms with Crippen LogP contribution in [0.5, 0.6) is 5.75 Å². The van der Waals surface area contributed by atoms with Gasteiger partial charge in [-0.15, -0.1) is 0 Å². The summed E-state index contributed by atoms with van der Waals surface area (Å²) in [6.07, 6.45) is 1.54. The van der Waals surface area contributed by atoms with Crippen molar-refractivity contribution in [1.29, 1.82) is 0 Å². The van der Waals surface area contributed by atoms with Crippen molar-refractivity contribution in [3.63, 3.8) is 0 Å². The summed E-state index contributed by atoms with van der Waals surface area (Å²) in [6.45, 7) is 3.47. The topological polar surface area (TPSA) is 106 Å². The molecule has 0 unspecified atom stereocenters. The van der Waals surface area contributed by atoms with Crippen molar-refractivity contribution >= 4 is 26.5 Å². The summed E-state index contributed by atoms with van der Waals surface area (Å²) in [5, 5.41) is 3.68. The molecule has 3 rings (SSSR count). The van der Waals surface area contributed by atoms with Gasteiger partial charge in [-0.25, -0.2) is 18.1 Å². The molecule has 1 aromatic carbocycles. The third-order valence-electron chi connectivity index (χ3n) is 4.19. The molecule has 0 saturated carbocycles. The Kier molecular flexibility index (Phi) is 5.28. The molecule has 1 fully saturated rings. The molecule has 136 valence electrons. The second kappa shape index (κ2) is 7.28. The summed E-state index contributed by atoms with van der Waals surface area (Å²) in [7, 11) is -2.22. The van der Waals surface area contributed by atoms with Crippen molar-refractivity contribution in [2.75, 3.05) is 25.9 Å². The normalized spacial score (nSPS) is 16.1.